The van der Waals surface area contributed by atoms with Crippen LogP contribution in [0, 0.1) is 0 Å². The summed E-state index contributed by atoms with van der Waals surface area (Å²) < 4.78 is 33.5. The van der Waals surface area contributed by atoms with Crippen molar-refractivity contribution in [1.29, 1.82) is 0 Å². The monoisotopic (exact) mass is 934 g/mol. The zero-order chi connectivity index (χ0) is 48.0. The summed E-state index contributed by atoms with van der Waals surface area (Å²) in [7, 11) is -4.31. The molecular formula is C57H92NO7P. The van der Waals surface area contributed by atoms with Gasteiger partial charge in [-0.1, -0.05) is 192 Å². The molecule has 0 aliphatic carbocycles. The highest BCUT2D eigenvalue weighted by Crippen LogP contribution is 2.43. The van der Waals surface area contributed by atoms with E-state index in [0.717, 1.165) is 148 Å². The molecule has 2 unspecified atom stereocenters. The van der Waals surface area contributed by atoms with Crippen LogP contribution in [0.2, 0.25) is 0 Å². The first kappa shape index (κ1) is 62.4. The molecule has 0 rings (SSSR count). The van der Waals surface area contributed by atoms with E-state index >= 15 is 0 Å². The van der Waals surface area contributed by atoms with Crippen molar-refractivity contribution < 1.29 is 32.8 Å². The minimum atomic E-state index is -4.31. The summed E-state index contributed by atoms with van der Waals surface area (Å²) in [5.41, 5.74) is 5.39. The zero-order valence-electron chi connectivity index (χ0n) is 41.4. The minimum absolute atomic E-state index is 0.0806. The van der Waals surface area contributed by atoms with Crippen molar-refractivity contribution in [3.05, 3.63) is 146 Å². The Balaban J connectivity index is 4.13. The second-order valence-corrected chi connectivity index (χ2v) is 17.4. The van der Waals surface area contributed by atoms with E-state index in [1.54, 1.807) is 0 Å². The lowest BCUT2D eigenvalue weighted by Crippen LogP contribution is -2.28. The van der Waals surface area contributed by atoms with E-state index < -0.39 is 13.9 Å². The standard InChI is InChI=1S/C57H92NO7P/c1-3-5-7-9-11-13-15-17-19-21-23-25-27-29-31-33-35-37-39-41-43-45-47-49-52-62-54-56(55-64-66(60,61)63-53-51-58)65-57(59)50-48-46-44-42-40-38-36-34-32-30-28-26-24-22-20-18-16-14-12-10-8-6-4-2/h5-8,11-14,17-20,23-26,29-32,35-38,56H,3-4,9-10,15-16,21-22,27-28,33-34,39-55,58H2,1-2H3,(H,60,61)/b7-5-,8-6-,13-11-,14-12-,19-17-,20-18-,25-23-,26-24-,31-29-,32-30-,37-35-,38-36-. The lowest BCUT2D eigenvalue weighted by atomic mass is 10.1. The molecule has 0 heterocycles. The molecule has 0 amide bonds. The second-order valence-electron chi connectivity index (χ2n) is 15.9. The van der Waals surface area contributed by atoms with Crippen LogP contribution in [0.15, 0.2) is 146 Å². The number of carbonyl (C=O) groups excluding carboxylic acids is 1. The molecule has 0 saturated heterocycles. The molecule has 0 spiro atoms. The van der Waals surface area contributed by atoms with Gasteiger partial charge in [0.15, 0.2) is 0 Å². The maximum atomic E-state index is 12.7. The summed E-state index contributed by atoms with van der Waals surface area (Å²) >= 11 is 0. The SMILES string of the molecule is CC/C=C\C/C=C\C/C=C\C/C=C\C/C=C\C/C=C\CCCCCCCOCC(COP(=O)(O)OCCN)OC(=O)CCCCCC/C=C\C/C=C\C/C=C\C/C=C\C/C=C\C/C=C\CC. The highest BCUT2D eigenvalue weighted by Gasteiger charge is 2.25. The van der Waals surface area contributed by atoms with E-state index in [1.165, 1.54) is 0 Å². The molecule has 2 atom stereocenters. The average Bonchev–Trinajstić information content (AvgIpc) is 3.31. The highest BCUT2D eigenvalue weighted by atomic mass is 31.2. The highest BCUT2D eigenvalue weighted by molar-refractivity contribution is 7.47. The molecule has 0 fully saturated rings. The first-order valence-electron chi connectivity index (χ1n) is 25.3. The summed E-state index contributed by atoms with van der Waals surface area (Å²) in [6.07, 6.45) is 75.9. The number of hydrogen-bond donors (Lipinski definition) is 2. The largest absolute Gasteiger partial charge is 0.472 e. The van der Waals surface area contributed by atoms with Gasteiger partial charge in [-0.15, -0.1) is 0 Å². The number of unbranched alkanes of at least 4 members (excludes halogenated alkanes) is 9. The van der Waals surface area contributed by atoms with Gasteiger partial charge in [0.2, 0.25) is 0 Å². The maximum Gasteiger partial charge on any atom is 0.472 e. The molecule has 0 bridgehead atoms. The van der Waals surface area contributed by atoms with Gasteiger partial charge in [-0.3, -0.25) is 13.8 Å². The average molecular weight is 934 g/mol. The van der Waals surface area contributed by atoms with Crippen LogP contribution >= 0.6 is 7.82 Å². The summed E-state index contributed by atoms with van der Waals surface area (Å²) in [6.45, 7) is 4.57. The molecule has 9 heteroatoms. The predicted molar refractivity (Wildman–Crippen MR) is 283 cm³/mol. The number of carbonyl (C=O) groups is 1. The van der Waals surface area contributed by atoms with E-state index in [1.807, 2.05) is 0 Å². The second kappa shape index (κ2) is 52.4. The maximum absolute atomic E-state index is 12.7. The molecule has 0 aliphatic rings. The molecule has 0 saturated carbocycles. The molecule has 0 aromatic carbocycles. The van der Waals surface area contributed by atoms with Crippen LogP contribution in [0.25, 0.3) is 0 Å². The third-order valence-corrected chi connectivity index (χ3v) is 10.7. The summed E-state index contributed by atoms with van der Waals surface area (Å²) in [4.78, 5) is 22.6. The molecule has 8 nitrogen and oxygen atoms in total. The molecule has 0 aromatic heterocycles. The number of phosphoric acid groups is 1. The van der Waals surface area contributed by atoms with Gasteiger partial charge in [-0.25, -0.2) is 4.57 Å². The fourth-order valence-corrected chi connectivity index (χ4v) is 6.88. The van der Waals surface area contributed by atoms with E-state index in [4.69, 9.17) is 24.3 Å². The summed E-state index contributed by atoms with van der Waals surface area (Å²) in [5.74, 6) is -0.369. The molecule has 0 aliphatic heterocycles. The van der Waals surface area contributed by atoms with Crippen LogP contribution in [-0.4, -0.2) is 49.9 Å². The molecule has 3 N–H and O–H groups in total. The van der Waals surface area contributed by atoms with Crippen LogP contribution in [0.1, 0.15) is 168 Å². The van der Waals surface area contributed by atoms with Crippen molar-refractivity contribution in [2.75, 3.05) is 33.0 Å². The normalized spacial score (nSPS) is 14.5. The Morgan fingerprint density at radius 2 is 0.803 bits per heavy atom. The Morgan fingerprint density at radius 1 is 0.455 bits per heavy atom. The fourth-order valence-electron chi connectivity index (χ4n) is 6.12. The number of ether oxygens (including phenoxy) is 2. The molecule has 0 aromatic rings. The van der Waals surface area contributed by atoms with Crippen LogP contribution in [0.4, 0.5) is 0 Å². The molecular weight excluding hydrogens is 842 g/mol. The van der Waals surface area contributed by atoms with Crippen molar-refractivity contribution in [1.82, 2.24) is 0 Å². The Kier molecular flexibility index (Phi) is 49.5. The Morgan fingerprint density at radius 3 is 1.20 bits per heavy atom. The van der Waals surface area contributed by atoms with Crippen molar-refractivity contribution in [3.63, 3.8) is 0 Å². The summed E-state index contributed by atoms with van der Waals surface area (Å²) in [5, 5.41) is 0. The first-order chi connectivity index (χ1) is 32.4. The van der Waals surface area contributed by atoms with Gasteiger partial charge >= 0.3 is 13.8 Å². The van der Waals surface area contributed by atoms with Gasteiger partial charge in [0.05, 0.1) is 19.8 Å². The van der Waals surface area contributed by atoms with Gasteiger partial charge in [-0.05, 0) is 116 Å². The minimum Gasteiger partial charge on any atom is -0.457 e. The Bertz CT molecular complexity index is 1510. The lowest BCUT2D eigenvalue weighted by Gasteiger charge is -2.20. The number of phosphoric ester groups is 1. The fraction of sp³-hybridized carbons (Fsp3) is 0.561. The molecule has 66 heavy (non-hydrogen) atoms. The van der Waals surface area contributed by atoms with Crippen LogP contribution < -0.4 is 5.73 Å². The lowest BCUT2D eigenvalue weighted by molar-refractivity contribution is -0.154. The number of nitrogens with two attached hydrogens (primary N) is 1. The van der Waals surface area contributed by atoms with E-state index in [0.29, 0.717) is 6.61 Å². The number of esters is 1. The van der Waals surface area contributed by atoms with E-state index in [-0.39, 0.29) is 38.8 Å². The number of hydrogen-bond acceptors (Lipinski definition) is 7. The van der Waals surface area contributed by atoms with E-state index in [9.17, 15) is 14.3 Å². The molecule has 372 valence electrons. The summed E-state index contributed by atoms with van der Waals surface area (Å²) in [6, 6.07) is 0. The van der Waals surface area contributed by atoms with Crippen LogP contribution in [0.5, 0.6) is 0 Å². The van der Waals surface area contributed by atoms with E-state index in [2.05, 4.69) is 160 Å². The Labute approximate surface area is 403 Å². The van der Waals surface area contributed by atoms with Crippen molar-refractivity contribution in [3.8, 4) is 0 Å². The molecule has 0 radical (unpaired) electrons. The smallest absolute Gasteiger partial charge is 0.457 e. The van der Waals surface area contributed by atoms with Crippen LogP contribution in [-0.2, 0) is 27.9 Å². The Hall–Kier alpha value is -3.62. The third kappa shape index (κ3) is 51.4. The van der Waals surface area contributed by atoms with Gasteiger partial charge in [-0.2, -0.15) is 0 Å². The first-order valence-corrected chi connectivity index (χ1v) is 26.8. The number of rotatable bonds is 46. The van der Waals surface area contributed by atoms with Gasteiger partial charge < -0.3 is 20.1 Å². The topological polar surface area (TPSA) is 117 Å². The van der Waals surface area contributed by atoms with Gasteiger partial charge in [0.25, 0.3) is 0 Å². The van der Waals surface area contributed by atoms with Gasteiger partial charge in [0, 0.05) is 19.6 Å². The predicted octanol–water partition coefficient (Wildman–Crippen LogP) is 16.1. The van der Waals surface area contributed by atoms with Gasteiger partial charge in [0.1, 0.15) is 6.10 Å². The third-order valence-electron chi connectivity index (χ3n) is 9.75. The van der Waals surface area contributed by atoms with Crippen molar-refractivity contribution in [2.24, 2.45) is 5.73 Å². The zero-order valence-corrected chi connectivity index (χ0v) is 42.3. The van der Waals surface area contributed by atoms with Crippen molar-refractivity contribution in [2.45, 2.75) is 174 Å². The number of allylic oxidation sites excluding steroid dienone is 24. The van der Waals surface area contributed by atoms with Crippen molar-refractivity contribution >= 4 is 13.8 Å². The van der Waals surface area contributed by atoms with Crippen LogP contribution in [0.3, 0.4) is 0 Å². The quantitative estimate of drug-likeness (QED) is 0.0268.